The summed E-state index contributed by atoms with van der Waals surface area (Å²) in [7, 11) is 0. The third-order valence-electron chi connectivity index (χ3n) is 1.75. The van der Waals surface area contributed by atoms with E-state index in [2.05, 4.69) is 5.32 Å². The highest BCUT2D eigenvalue weighted by Crippen LogP contribution is 2.05. The summed E-state index contributed by atoms with van der Waals surface area (Å²) in [5.74, 6) is -0.771. The van der Waals surface area contributed by atoms with Crippen LogP contribution in [0.1, 0.15) is 12.8 Å². The maximum Gasteiger partial charge on any atom is 0.320 e. The van der Waals surface area contributed by atoms with Crippen LogP contribution in [0.25, 0.3) is 0 Å². The molecular formula is C6H12N2O2. The largest absolute Gasteiger partial charge is 0.480 e. The molecule has 0 aromatic rings. The lowest BCUT2D eigenvalue weighted by Gasteiger charge is -2.24. The number of hydrogen-bond acceptors (Lipinski definition) is 3. The average molecular weight is 144 g/mol. The van der Waals surface area contributed by atoms with Gasteiger partial charge < -0.3 is 16.2 Å². The Balaban J connectivity index is 2.33. The van der Waals surface area contributed by atoms with Crippen LogP contribution in [0.3, 0.4) is 0 Å². The fraction of sp³-hybridized carbons (Fsp3) is 0.833. The Kier molecular flexibility index (Phi) is 2.24. The van der Waals surface area contributed by atoms with Crippen LogP contribution in [0.4, 0.5) is 0 Å². The van der Waals surface area contributed by atoms with Crippen molar-refractivity contribution in [3.63, 3.8) is 0 Å². The summed E-state index contributed by atoms with van der Waals surface area (Å²) in [6.45, 7) is 0.622. The quantitative estimate of drug-likeness (QED) is 0.448. The molecule has 1 rings (SSSR count). The molecule has 0 aliphatic carbocycles. The van der Waals surface area contributed by atoms with Crippen molar-refractivity contribution in [2.45, 2.75) is 24.9 Å². The smallest absolute Gasteiger partial charge is 0.320 e. The van der Waals surface area contributed by atoms with E-state index in [1.165, 1.54) is 0 Å². The fourth-order valence-corrected chi connectivity index (χ4v) is 1.09. The first kappa shape index (κ1) is 7.50. The molecule has 4 N–H and O–H groups in total. The molecule has 4 heteroatoms. The Morgan fingerprint density at radius 1 is 1.60 bits per heavy atom. The number of nitrogens with one attached hydrogen (secondary N) is 1. The van der Waals surface area contributed by atoms with E-state index in [0.29, 0.717) is 13.0 Å². The van der Waals surface area contributed by atoms with E-state index in [0.717, 1.165) is 6.42 Å². The van der Waals surface area contributed by atoms with Gasteiger partial charge in [0.05, 0.1) is 0 Å². The van der Waals surface area contributed by atoms with Crippen molar-refractivity contribution in [2.75, 3.05) is 6.54 Å². The summed E-state index contributed by atoms with van der Waals surface area (Å²) in [6.07, 6.45) is 1.46. The van der Waals surface area contributed by atoms with E-state index in [1.807, 2.05) is 0 Å². The highest BCUT2D eigenvalue weighted by Gasteiger charge is 2.22. The van der Waals surface area contributed by atoms with Crippen LogP contribution in [0.2, 0.25) is 0 Å². The van der Waals surface area contributed by atoms with Crippen molar-refractivity contribution in [1.29, 1.82) is 0 Å². The van der Waals surface area contributed by atoms with Crippen molar-refractivity contribution in [3.05, 3.63) is 0 Å². The number of carboxylic acids is 1. The van der Waals surface area contributed by atoms with Gasteiger partial charge in [-0.2, -0.15) is 0 Å². The SMILES string of the molecule is N[C@@H]1CC[C@@H](C(=O)O)NC1. The molecule has 0 aromatic carbocycles. The lowest BCUT2D eigenvalue weighted by atomic mass is 10.0. The minimum Gasteiger partial charge on any atom is -0.480 e. The van der Waals surface area contributed by atoms with Crippen LogP contribution in [0, 0.1) is 0 Å². The highest BCUT2D eigenvalue weighted by molar-refractivity contribution is 5.73. The molecule has 0 bridgehead atoms. The first-order valence-corrected chi connectivity index (χ1v) is 3.42. The number of carbonyl (C=O) groups is 1. The van der Waals surface area contributed by atoms with Gasteiger partial charge in [-0.1, -0.05) is 0 Å². The zero-order valence-electron chi connectivity index (χ0n) is 5.71. The summed E-state index contributed by atoms with van der Waals surface area (Å²) >= 11 is 0. The summed E-state index contributed by atoms with van der Waals surface area (Å²) in [5.41, 5.74) is 5.54. The minimum atomic E-state index is -0.771. The van der Waals surface area contributed by atoms with Crippen LogP contribution in [0.15, 0.2) is 0 Å². The summed E-state index contributed by atoms with van der Waals surface area (Å²) < 4.78 is 0. The monoisotopic (exact) mass is 144 g/mol. The minimum absolute atomic E-state index is 0.135. The van der Waals surface area contributed by atoms with Crippen LogP contribution in [0.5, 0.6) is 0 Å². The van der Waals surface area contributed by atoms with Gasteiger partial charge in [-0.25, -0.2) is 0 Å². The Morgan fingerprint density at radius 3 is 2.70 bits per heavy atom. The van der Waals surface area contributed by atoms with Crippen LogP contribution >= 0.6 is 0 Å². The van der Waals surface area contributed by atoms with Crippen molar-refractivity contribution in [1.82, 2.24) is 5.32 Å². The Labute approximate surface area is 59.4 Å². The van der Waals surface area contributed by atoms with Gasteiger partial charge in [-0.3, -0.25) is 4.79 Å². The van der Waals surface area contributed by atoms with E-state index in [-0.39, 0.29) is 12.1 Å². The topological polar surface area (TPSA) is 75.4 Å². The van der Waals surface area contributed by atoms with Crippen molar-refractivity contribution in [2.24, 2.45) is 5.73 Å². The number of nitrogens with two attached hydrogens (primary N) is 1. The lowest BCUT2D eigenvalue weighted by molar-refractivity contribution is -0.140. The molecule has 0 radical (unpaired) electrons. The summed E-state index contributed by atoms with van der Waals surface area (Å²) in [5, 5.41) is 11.4. The predicted octanol–water partition coefficient (Wildman–Crippen LogP) is -0.850. The van der Waals surface area contributed by atoms with Gasteiger partial charge in [0.15, 0.2) is 0 Å². The first-order chi connectivity index (χ1) is 4.70. The third-order valence-corrected chi connectivity index (χ3v) is 1.75. The molecule has 4 nitrogen and oxygen atoms in total. The molecule has 2 atom stereocenters. The standard InChI is InChI=1S/C6H12N2O2/c7-4-1-2-5(6(9)10)8-3-4/h4-5,8H,1-3,7H2,(H,9,10)/t4-,5+/m1/s1. The number of hydrogen-bond donors (Lipinski definition) is 3. The first-order valence-electron chi connectivity index (χ1n) is 3.42. The molecule has 0 amide bonds. The second-order valence-electron chi connectivity index (χ2n) is 2.64. The zero-order valence-corrected chi connectivity index (χ0v) is 5.71. The molecule has 1 aliphatic heterocycles. The van der Waals surface area contributed by atoms with E-state index in [9.17, 15) is 4.79 Å². The molecular weight excluding hydrogens is 132 g/mol. The molecule has 1 heterocycles. The fourth-order valence-electron chi connectivity index (χ4n) is 1.09. The highest BCUT2D eigenvalue weighted by atomic mass is 16.4. The Morgan fingerprint density at radius 2 is 2.30 bits per heavy atom. The maximum absolute atomic E-state index is 10.4. The van der Waals surface area contributed by atoms with Gasteiger partial charge in [0.25, 0.3) is 0 Å². The van der Waals surface area contributed by atoms with Crippen LogP contribution in [-0.2, 0) is 4.79 Å². The molecule has 1 fully saturated rings. The maximum atomic E-state index is 10.4. The lowest BCUT2D eigenvalue weighted by Crippen LogP contribution is -2.48. The molecule has 58 valence electrons. The molecule has 0 saturated carbocycles. The van der Waals surface area contributed by atoms with Gasteiger partial charge in [-0.05, 0) is 12.8 Å². The van der Waals surface area contributed by atoms with Gasteiger partial charge in [0.1, 0.15) is 6.04 Å². The number of piperidine rings is 1. The van der Waals surface area contributed by atoms with E-state index >= 15 is 0 Å². The summed E-state index contributed by atoms with van der Waals surface area (Å²) in [6, 6.07) is -0.240. The molecule has 10 heavy (non-hydrogen) atoms. The van der Waals surface area contributed by atoms with Gasteiger partial charge >= 0.3 is 5.97 Å². The van der Waals surface area contributed by atoms with Crippen molar-refractivity contribution >= 4 is 5.97 Å². The molecule has 0 spiro atoms. The predicted molar refractivity (Wildman–Crippen MR) is 36.6 cm³/mol. The average Bonchev–Trinajstić information content (AvgIpc) is 1.88. The van der Waals surface area contributed by atoms with Gasteiger partial charge in [-0.15, -0.1) is 0 Å². The number of aliphatic carboxylic acids is 1. The number of rotatable bonds is 1. The van der Waals surface area contributed by atoms with Crippen LogP contribution in [-0.4, -0.2) is 29.7 Å². The van der Waals surface area contributed by atoms with Crippen molar-refractivity contribution in [3.8, 4) is 0 Å². The van der Waals surface area contributed by atoms with E-state index < -0.39 is 5.97 Å². The molecule has 0 aromatic heterocycles. The van der Waals surface area contributed by atoms with Gasteiger partial charge in [0, 0.05) is 12.6 Å². The van der Waals surface area contributed by atoms with Crippen molar-refractivity contribution < 1.29 is 9.90 Å². The van der Waals surface area contributed by atoms with Crippen LogP contribution < -0.4 is 11.1 Å². The Bertz CT molecular complexity index is 130. The second-order valence-corrected chi connectivity index (χ2v) is 2.64. The third kappa shape index (κ3) is 1.68. The second kappa shape index (κ2) is 2.98. The molecule has 0 unspecified atom stereocenters. The van der Waals surface area contributed by atoms with E-state index in [1.54, 1.807) is 0 Å². The Hall–Kier alpha value is -0.610. The van der Waals surface area contributed by atoms with Gasteiger partial charge in [0.2, 0.25) is 0 Å². The molecule has 1 saturated heterocycles. The van der Waals surface area contributed by atoms with E-state index in [4.69, 9.17) is 10.8 Å². The number of carboxylic acid groups (broad SMARTS) is 1. The zero-order chi connectivity index (χ0) is 7.56. The summed E-state index contributed by atoms with van der Waals surface area (Å²) in [4.78, 5) is 10.4. The molecule has 1 aliphatic rings. The normalized spacial score (nSPS) is 33.7.